The molecule has 1 N–H and O–H groups in total. The number of ether oxygens (including phenoxy) is 1. The average Bonchev–Trinajstić information content (AvgIpc) is 2.57. The van der Waals surface area contributed by atoms with Gasteiger partial charge in [0.05, 0.1) is 17.3 Å². The molecule has 0 aromatic heterocycles. The maximum atomic E-state index is 12.3. The number of para-hydroxylation sites is 1. The van der Waals surface area contributed by atoms with Crippen LogP contribution < -0.4 is 10.1 Å². The number of nitrogens with one attached hydrogen (secondary N) is 1. The molecule has 122 valence electrons. The van der Waals surface area contributed by atoms with Gasteiger partial charge in [-0.25, -0.2) is 0 Å². The first kappa shape index (κ1) is 17.9. The van der Waals surface area contributed by atoms with Crippen molar-refractivity contribution in [3.63, 3.8) is 0 Å². The van der Waals surface area contributed by atoms with Crippen LogP contribution in [0.25, 0.3) is 6.08 Å². The molecular formula is C18H14Cl2N2O2. The highest BCUT2D eigenvalue weighted by Gasteiger charge is 2.13. The van der Waals surface area contributed by atoms with Crippen LogP contribution in [0.2, 0.25) is 10.0 Å². The topological polar surface area (TPSA) is 62.1 Å². The van der Waals surface area contributed by atoms with E-state index >= 15 is 0 Å². The number of halogens is 2. The maximum absolute atomic E-state index is 12.3. The minimum absolute atomic E-state index is 0.0711. The van der Waals surface area contributed by atoms with Gasteiger partial charge >= 0.3 is 0 Å². The smallest absolute Gasteiger partial charge is 0.266 e. The zero-order valence-electron chi connectivity index (χ0n) is 12.8. The Kier molecular flexibility index (Phi) is 6.25. The van der Waals surface area contributed by atoms with Gasteiger partial charge in [0, 0.05) is 10.6 Å². The van der Waals surface area contributed by atoms with Crippen LogP contribution in [0.15, 0.2) is 48.0 Å². The highest BCUT2D eigenvalue weighted by Crippen LogP contribution is 2.26. The molecule has 0 aliphatic carbocycles. The van der Waals surface area contributed by atoms with Crippen molar-refractivity contribution in [2.45, 2.75) is 6.92 Å². The molecule has 6 heteroatoms. The first-order valence-corrected chi connectivity index (χ1v) is 7.90. The third-order valence-corrected chi connectivity index (χ3v) is 3.63. The number of anilines is 1. The molecule has 2 aromatic carbocycles. The van der Waals surface area contributed by atoms with E-state index < -0.39 is 5.91 Å². The van der Waals surface area contributed by atoms with E-state index in [1.165, 1.54) is 12.1 Å². The average molecular weight is 361 g/mol. The Balaban J connectivity index is 2.30. The van der Waals surface area contributed by atoms with Crippen LogP contribution in [0.3, 0.4) is 0 Å². The van der Waals surface area contributed by atoms with Gasteiger partial charge in [-0.15, -0.1) is 0 Å². The molecule has 0 spiro atoms. The molecule has 1 amide bonds. The molecule has 0 fully saturated rings. The summed E-state index contributed by atoms with van der Waals surface area (Å²) in [4.78, 5) is 12.3. The second-order valence-corrected chi connectivity index (χ2v) is 5.56. The molecule has 0 aliphatic rings. The molecule has 2 rings (SSSR count). The molecule has 0 saturated heterocycles. The van der Waals surface area contributed by atoms with Crippen LogP contribution in [-0.2, 0) is 4.79 Å². The van der Waals surface area contributed by atoms with Gasteiger partial charge < -0.3 is 10.1 Å². The van der Waals surface area contributed by atoms with Crippen molar-refractivity contribution in [2.24, 2.45) is 0 Å². The lowest BCUT2D eigenvalue weighted by molar-refractivity contribution is -0.112. The first-order chi connectivity index (χ1) is 11.5. The van der Waals surface area contributed by atoms with Crippen molar-refractivity contribution in [3.05, 3.63) is 63.6 Å². The third kappa shape index (κ3) is 4.51. The van der Waals surface area contributed by atoms with Gasteiger partial charge in [0.15, 0.2) is 0 Å². The van der Waals surface area contributed by atoms with Crippen LogP contribution in [0.5, 0.6) is 5.75 Å². The lowest BCUT2D eigenvalue weighted by Gasteiger charge is -2.09. The van der Waals surface area contributed by atoms with E-state index in [-0.39, 0.29) is 5.57 Å². The van der Waals surface area contributed by atoms with Gasteiger partial charge in [-0.1, -0.05) is 41.4 Å². The first-order valence-electron chi connectivity index (χ1n) is 7.15. The number of hydrogen-bond donors (Lipinski definition) is 1. The van der Waals surface area contributed by atoms with Crippen molar-refractivity contribution in [3.8, 4) is 11.8 Å². The van der Waals surface area contributed by atoms with Crippen LogP contribution in [0.4, 0.5) is 5.69 Å². The fourth-order valence-corrected chi connectivity index (χ4v) is 2.31. The molecular weight excluding hydrogens is 347 g/mol. The van der Waals surface area contributed by atoms with Gasteiger partial charge in [-0.05, 0) is 37.3 Å². The van der Waals surface area contributed by atoms with E-state index in [9.17, 15) is 10.1 Å². The summed E-state index contributed by atoms with van der Waals surface area (Å²) < 4.78 is 5.49. The quantitative estimate of drug-likeness (QED) is 0.606. The predicted molar refractivity (Wildman–Crippen MR) is 96.3 cm³/mol. The number of nitriles is 1. The van der Waals surface area contributed by atoms with Gasteiger partial charge in [-0.3, -0.25) is 4.79 Å². The Morgan fingerprint density at radius 3 is 2.75 bits per heavy atom. The number of benzene rings is 2. The van der Waals surface area contributed by atoms with Gasteiger partial charge in [0.2, 0.25) is 0 Å². The SMILES string of the molecule is CCOc1ccccc1/C=C(\C#N)C(=O)Nc1cc(Cl)ccc1Cl. The monoisotopic (exact) mass is 360 g/mol. The summed E-state index contributed by atoms with van der Waals surface area (Å²) in [6.07, 6.45) is 1.47. The Labute approximate surface area is 150 Å². The van der Waals surface area contributed by atoms with Crippen LogP contribution >= 0.6 is 23.2 Å². The van der Waals surface area contributed by atoms with E-state index in [2.05, 4.69) is 5.32 Å². The summed E-state index contributed by atoms with van der Waals surface area (Å²) >= 11 is 11.9. The van der Waals surface area contributed by atoms with Gasteiger partial charge in [0.1, 0.15) is 17.4 Å². The Hall–Kier alpha value is -2.48. The van der Waals surface area contributed by atoms with Gasteiger partial charge in [-0.2, -0.15) is 5.26 Å². The molecule has 0 saturated carbocycles. The van der Waals surface area contributed by atoms with E-state index in [1.807, 2.05) is 19.1 Å². The van der Waals surface area contributed by atoms with Gasteiger partial charge in [0.25, 0.3) is 5.91 Å². The van der Waals surface area contributed by atoms with Crippen molar-refractivity contribution in [1.82, 2.24) is 0 Å². The Morgan fingerprint density at radius 2 is 2.04 bits per heavy atom. The van der Waals surface area contributed by atoms with Crippen molar-refractivity contribution >= 4 is 40.9 Å². The highest BCUT2D eigenvalue weighted by molar-refractivity contribution is 6.36. The molecule has 0 bridgehead atoms. The number of carbonyl (C=O) groups is 1. The number of carbonyl (C=O) groups excluding carboxylic acids is 1. The van der Waals surface area contributed by atoms with Crippen molar-refractivity contribution < 1.29 is 9.53 Å². The number of amides is 1. The second kappa shape index (κ2) is 8.39. The van der Waals surface area contributed by atoms with Crippen LogP contribution in [0, 0.1) is 11.3 Å². The maximum Gasteiger partial charge on any atom is 0.266 e. The summed E-state index contributed by atoms with van der Waals surface area (Å²) in [5, 5.41) is 12.7. The van der Waals surface area contributed by atoms with Crippen molar-refractivity contribution in [2.75, 3.05) is 11.9 Å². The largest absolute Gasteiger partial charge is 0.493 e. The highest BCUT2D eigenvalue weighted by atomic mass is 35.5. The van der Waals surface area contributed by atoms with E-state index in [0.717, 1.165) is 0 Å². The molecule has 2 aromatic rings. The predicted octanol–water partition coefficient (Wildman–Crippen LogP) is 4.94. The summed E-state index contributed by atoms with van der Waals surface area (Å²) in [6, 6.07) is 13.7. The number of hydrogen-bond acceptors (Lipinski definition) is 3. The number of rotatable bonds is 5. The van der Waals surface area contributed by atoms with Crippen LogP contribution in [-0.4, -0.2) is 12.5 Å². The summed E-state index contributed by atoms with van der Waals surface area (Å²) in [5.41, 5.74) is 0.912. The van der Waals surface area contributed by atoms with E-state index in [4.69, 9.17) is 27.9 Å². The summed E-state index contributed by atoms with van der Waals surface area (Å²) in [5.74, 6) is 0.0225. The summed E-state index contributed by atoms with van der Waals surface area (Å²) in [7, 11) is 0. The van der Waals surface area contributed by atoms with E-state index in [1.54, 1.807) is 30.3 Å². The third-order valence-electron chi connectivity index (χ3n) is 3.06. The molecule has 24 heavy (non-hydrogen) atoms. The fourth-order valence-electron chi connectivity index (χ4n) is 1.97. The second-order valence-electron chi connectivity index (χ2n) is 4.72. The minimum Gasteiger partial charge on any atom is -0.493 e. The lowest BCUT2D eigenvalue weighted by Crippen LogP contribution is -2.13. The Bertz CT molecular complexity index is 826. The number of nitrogens with zero attached hydrogens (tertiary/aromatic N) is 1. The zero-order valence-corrected chi connectivity index (χ0v) is 14.4. The molecule has 0 aliphatic heterocycles. The lowest BCUT2D eigenvalue weighted by atomic mass is 10.1. The van der Waals surface area contributed by atoms with Crippen molar-refractivity contribution in [1.29, 1.82) is 5.26 Å². The standard InChI is InChI=1S/C18H14Cl2N2O2/c1-2-24-17-6-4-3-5-12(17)9-13(11-21)18(23)22-16-10-14(19)7-8-15(16)20/h3-10H,2H2,1H3,(H,22,23)/b13-9+. The molecule has 0 heterocycles. The molecule has 4 nitrogen and oxygen atoms in total. The molecule has 0 unspecified atom stereocenters. The molecule has 0 atom stereocenters. The summed E-state index contributed by atoms with van der Waals surface area (Å²) in [6.45, 7) is 2.34. The fraction of sp³-hybridized carbons (Fsp3) is 0.111. The zero-order chi connectivity index (χ0) is 17.5. The molecule has 0 radical (unpaired) electrons. The Morgan fingerprint density at radius 1 is 1.29 bits per heavy atom. The van der Waals surface area contributed by atoms with Crippen LogP contribution in [0.1, 0.15) is 12.5 Å². The minimum atomic E-state index is -0.576. The normalized spacial score (nSPS) is 10.8. The van der Waals surface area contributed by atoms with E-state index in [0.29, 0.717) is 33.7 Å².